The molecule has 1 unspecified atom stereocenters. The Kier molecular flexibility index (Phi) is 7.71. The average Bonchev–Trinajstić information content (AvgIpc) is 3.34. The predicted molar refractivity (Wildman–Crippen MR) is 120 cm³/mol. The first-order valence-electron chi connectivity index (χ1n) is 9.71. The molecular weight excluding hydrogens is 430 g/mol. The Labute approximate surface area is 188 Å². The maximum Gasteiger partial charge on any atom is 0.338 e. The van der Waals surface area contributed by atoms with Gasteiger partial charge in [0.05, 0.1) is 10.4 Å². The topological polar surface area (TPSA) is 114 Å². The number of rotatable bonds is 7. The fraction of sp³-hybridized carbons (Fsp3) is 0.130. The quantitative estimate of drug-likeness (QED) is 0.475. The number of urea groups is 1. The predicted octanol–water partition coefficient (Wildman–Crippen LogP) is 3.57. The van der Waals surface area contributed by atoms with Crippen molar-refractivity contribution in [2.24, 2.45) is 0 Å². The van der Waals surface area contributed by atoms with E-state index in [-0.39, 0.29) is 18.0 Å². The van der Waals surface area contributed by atoms with Crippen LogP contribution in [-0.4, -0.2) is 29.9 Å². The second kappa shape index (κ2) is 10.9. The van der Waals surface area contributed by atoms with E-state index in [0.717, 1.165) is 5.56 Å². The van der Waals surface area contributed by atoms with Crippen LogP contribution in [0.25, 0.3) is 0 Å². The van der Waals surface area contributed by atoms with E-state index in [1.807, 2.05) is 30.3 Å². The average molecular weight is 452 g/mol. The van der Waals surface area contributed by atoms with Crippen LogP contribution in [-0.2, 0) is 16.1 Å². The summed E-state index contributed by atoms with van der Waals surface area (Å²) in [6, 6.07) is 18.1. The van der Waals surface area contributed by atoms with Crippen LogP contribution in [0.1, 0.15) is 32.5 Å². The molecule has 1 atom stereocenters. The Bertz CT molecular complexity index is 1080. The summed E-state index contributed by atoms with van der Waals surface area (Å²) in [7, 11) is 0. The number of hydrogen-bond acceptors (Lipinski definition) is 6. The lowest BCUT2D eigenvalue weighted by Gasteiger charge is -2.13. The Balaban J connectivity index is 1.46. The number of benzene rings is 2. The number of carbonyl (C=O) groups is 4. The van der Waals surface area contributed by atoms with Crippen molar-refractivity contribution < 1.29 is 23.9 Å². The minimum atomic E-state index is -1.18. The summed E-state index contributed by atoms with van der Waals surface area (Å²) in [6.07, 6.45) is -1.18. The van der Waals surface area contributed by atoms with Crippen LogP contribution in [0.4, 0.5) is 10.5 Å². The van der Waals surface area contributed by atoms with Crippen molar-refractivity contribution in [3.8, 4) is 0 Å². The summed E-state index contributed by atoms with van der Waals surface area (Å²) in [5, 5.41) is 9.22. The first kappa shape index (κ1) is 22.7. The van der Waals surface area contributed by atoms with E-state index >= 15 is 0 Å². The molecular formula is C23H21N3O5S. The molecule has 0 spiro atoms. The normalized spacial score (nSPS) is 11.2. The number of nitrogens with one attached hydrogen (secondary N) is 3. The van der Waals surface area contributed by atoms with Crippen molar-refractivity contribution in [3.05, 3.63) is 88.1 Å². The summed E-state index contributed by atoms with van der Waals surface area (Å²) in [4.78, 5) is 48.9. The van der Waals surface area contributed by atoms with Crippen molar-refractivity contribution in [1.82, 2.24) is 10.6 Å². The number of hydrogen-bond donors (Lipinski definition) is 3. The highest BCUT2D eigenvalue weighted by molar-refractivity contribution is 7.12. The van der Waals surface area contributed by atoms with Crippen LogP contribution >= 0.6 is 11.3 Å². The van der Waals surface area contributed by atoms with Crippen LogP contribution in [0.5, 0.6) is 0 Å². The van der Waals surface area contributed by atoms with E-state index in [9.17, 15) is 19.2 Å². The molecule has 3 rings (SSSR count). The Morgan fingerprint density at radius 3 is 2.31 bits per heavy atom. The minimum absolute atomic E-state index is 0.201. The van der Waals surface area contributed by atoms with Gasteiger partial charge in [0.2, 0.25) is 0 Å². The van der Waals surface area contributed by atoms with E-state index in [4.69, 9.17) is 4.74 Å². The molecule has 0 fully saturated rings. The van der Waals surface area contributed by atoms with Gasteiger partial charge in [-0.3, -0.25) is 14.9 Å². The van der Waals surface area contributed by atoms with Crippen molar-refractivity contribution in [3.63, 3.8) is 0 Å². The molecule has 8 nitrogen and oxygen atoms in total. The molecule has 32 heavy (non-hydrogen) atoms. The summed E-state index contributed by atoms with van der Waals surface area (Å²) < 4.78 is 5.13. The third-order valence-corrected chi connectivity index (χ3v) is 5.18. The van der Waals surface area contributed by atoms with E-state index < -0.39 is 24.0 Å². The van der Waals surface area contributed by atoms with Gasteiger partial charge in [0, 0.05) is 12.2 Å². The first-order valence-corrected chi connectivity index (χ1v) is 10.6. The molecule has 3 aromatic rings. The molecule has 1 aromatic heterocycles. The molecule has 1 heterocycles. The first-order chi connectivity index (χ1) is 15.4. The summed E-state index contributed by atoms with van der Waals surface area (Å²) in [5.74, 6) is -1.72. The third kappa shape index (κ3) is 6.51. The minimum Gasteiger partial charge on any atom is -0.449 e. The van der Waals surface area contributed by atoms with Gasteiger partial charge in [-0.05, 0) is 48.2 Å². The number of imide groups is 1. The molecule has 3 N–H and O–H groups in total. The number of anilines is 1. The molecule has 0 aliphatic carbocycles. The highest BCUT2D eigenvalue weighted by Gasteiger charge is 2.21. The molecule has 0 aliphatic rings. The van der Waals surface area contributed by atoms with E-state index in [1.165, 1.54) is 30.4 Å². The zero-order valence-corrected chi connectivity index (χ0v) is 18.0. The molecule has 0 aliphatic heterocycles. The second-order valence-electron chi connectivity index (χ2n) is 6.71. The number of ether oxygens (including phenoxy) is 1. The molecule has 4 amide bonds. The van der Waals surface area contributed by atoms with E-state index in [2.05, 4.69) is 16.0 Å². The lowest BCUT2D eigenvalue weighted by Crippen LogP contribution is -2.44. The SMILES string of the molecule is CC(OC(=O)c1ccc(NC(=O)c2cccs2)cc1)C(=O)NC(=O)NCc1ccccc1. The lowest BCUT2D eigenvalue weighted by molar-refractivity contribution is -0.127. The Morgan fingerprint density at radius 2 is 1.66 bits per heavy atom. The van der Waals surface area contributed by atoms with Crippen molar-refractivity contribution >= 4 is 40.8 Å². The van der Waals surface area contributed by atoms with Crippen LogP contribution < -0.4 is 16.0 Å². The molecule has 0 saturated heterocycles. The standard InChI is InChI=1S/C23H21N3O5S/c1-15(20(27)26-23(30)24-14-16-6-3-2-4-7-16)31-22(29)17-9-11-18(12-10-17)25-21(28)19-8-5-13-32-19/h2-13,15H,14H2,1H3,(H,25,28)(H2,24,26,27,30). The maximum atomic E-state index is 12.3. The number of amides is 4. The maximum absolute atomic E-state index is 12.3. The van der Waals surface area contributed by atoms with Crippen LogP contribution in [0.3, 0.4) is 0 Å². The molecule has 2 aromatic carbocycles. The fourth-order valence-corrected chi connectivity index (χ4v) is 3.23. The number of esters is 1. The lowest BCUT2D eigenvalue weighted by atomic mass is 10.2. The number of thiophene rings is 1. The summed E-state index contributed by atoms with van der Waals surface area (Å²) in [6.45, 7) is 1.62. The monoisotopic (exact) mass is 451 g/mol. The van der Waals surface area contributed by atoms with Crippen LogP contribution in [0, 0.1) is 0 Å². The largest absolute Gasteiger partial charge is 0.449 e. The molecule has 0 radical (unpaired) electrons. The van der Waals surface area contributed by atoms with Crippen LogP contribution in [0.2, 0.25) is 0 Å². The Hall–Kier alpha value is -3.98. The summed E-state index contributed by atoms with van der Waals surface area (Å²) in [5.41, 5.74) is 1.60. The van der Waals surface area contributed by atoms with E-state index in [1.54, 1.807) is 29.6 Å². The van der Waals surface area contributed by atoms with Crippen LogP contribution in [0.15, 0.2) is 72.1 Å². The summed E-state index contributed by atoms with van der Waals surface area (Å²) >= 11 is 1.32. The van der Waals surface area contributed by atoms with Gasteiger partial charge in [0.15, 0.2) is 6.10 Å². The third-order valence-electron chi connectivity index (χ3n) is 4.31. The van der Waals surface area contributed by atoms with Crippen molar-refractivity contribution in [2.75, 3.05) is 5.32 Å². The zero-order valence-electron chi connectivity index (χ0n) is 17.2. The molecule has 9 heteroatoms. The zero-order chi connectivity index (χ0) is 22.9. The highest BCUT2D eigenvalue weighted by atomic mass is 32.1. The second-order valence-corrected chi connectivity index (χ2v) is 7.66. The van der Waals surface area contributed by atoms with Gasteiger partial charge in [0.25, 0.3) is 11.8 Å². The molecule has 0 saturated carbocycles. The van der Waals surface area contributed by atoms with E-state index in [0.29, 0.717) is 10.6 Å². The van der Waals surface area contributed by atoms with Gasteiger partial charge in [-0.2, -0.15) is 0 Å². The van der Waals surface area contributed by atoms with Gasteiger partial charge in [0.1, 0.15) is 0 Å². The smallest absolute Gasteiger partial charge is 0.338 e. The van der Waals surface area contributed by atoms with Gasteiger partial charge in [-0.1, -0.05) is 36.4 Å². The van der Waals surface area contributed by atoms with Gasteiger partial charge in [-0.25, -0.2) is 9.59 Å². The molecule has 164 valence electrons. The Morgan fingerprint density at radius 1 is 0.938 bits per heavy atom. The number of carbonyl (C=O) groups excluding carboxylic acids is 4. The van der Waals surface area contributed by atoms with Crippen molar-refractivity contribution in [1.29, 1.82) is 0 Å². The van der Waals surface area contributed by atoms with Gasteiger partial charge < -0.3 is 15.4 Å². The fourth-order valence-electron chi connectivity index (χ4n) is 2.61. The van der Waals surface area contributed by atoms with Gasteiger partial charge in [-0.15, -0.1) is 11.3 Å². The highest BCUT2D eigenvalue weighted by Crippen LogP contribution is 2.15. The molecule has 0 bridgehead atoms. The van der Waals surface area contributed by atoms with Crippen molar-refractivity contribution in [2.45, 2.75) is 19.6 Å². The van der Waals surface area contributed by atoms with Gasteiger partial charge >= 0.3 is 12.0 Å².